The topological polar surface area (TPSA) is 83.5 Å². The predicted molar refractivity (Wildman–Crippen MR) is 128 cm³/mol. The molecule has 1 aliphatic rings. The molecule has 1 saturated heterocycles. The van der Waals surface area contributed by atoms with Crippen LogP contribution in [0.25, 0.3) is 0 Å². The zero-order valence-electron chi connectivity index (χ0n) is 19.6. The van der Waals surface area contributed by atoms with E-state index in [-0.39, 0.29) is 19.8 Å². The van der Waals surface area contributed by atoms with Crippen LogP contribution >= 0.6 is 0 Å². The summed E-state index contributed by atoms with van der Waals surface area (Å²) in [6, 6.07) is 28.8. The smallest absolute Gasteiger partial charge is 0.337 e. The number of hydrogen-bond donors (Lipinski definition) is 1. The number of ether oxygens (including phenoxy) is 5. The summed E-state index contributed by atoms with van der Waals surface area (Å²) < 4.78 is 29.2. The molecule has 3 aromatic rings. The minimum Gasteiger partial charge on any atom is -0.467 e. The van der Waals surface area contributed by atoms with Crippen molar-refractivity contribution in [1.82, 2.24) is 0 Å². The quantitative estimate of drug-likeness (QED) is 0.446. The van der Waals surface area contributed by atoms with E-state index in [0.717, 1.165) is 16.7 Å². The van der Waals surface area contributed by atoms with Crippen molar-refractivity contribution in [2.24, 2.45) is 0 Å². The van der Waals surface area contributed by atoms with Gasteiger partial charge in [0.25, 0.3) is 0 Å². The third-order valence-electron chi connectivity index (χ3n) is 5.80. The average molecular weight is 479 g/mol. The van der Waals surface area contributed by atoms with Crippen LogP contribution in [0.5, 0.6) is 0 Å². The van der Waals surface area contributed by atoms with Crippen LogP contribution in [0.3, 0.4) is 0 Å². The molecule has 0 bridgehead atoms. The van der Waals surface area contributed by atoms with Crippen molar-refractivity contribution in [2.75, 3.05) is 7.11 Å². The first-order valence-electron chi connectivity index (χ1n) is 11.5. The van der Waals surface area contributed by atoms with Crippen molar-refractivity contribution in [2.45, 2.75) is 50.5 Å². The molecule has 3 unspecified atom stereocenters. The fourth-order valence-corrected chi connectivity index (χ4v) is 3.98. The van der Waals surface area contributed by atoms with Crippen molar-refractivity contribution in [1.29, 1.82) is 0 Å². The normalized spacial score (nSPS) is 24.1. The third kappa shape index (κ3) is 6.75. The summed E-state index contributed by atoms with van der Waals surface area (Å²) in [6.45, 7) is 0.684. The molecule has 35 heavy (non-hydrogen) atoms. The molecule has 7 heteroatoms. The number of carbonyl (C=O) groups is 1. The van der Waals surface area contributed by atoms with E-state index >= 15 is 0 Å². The lowest BCUT2D eigenvalue weighted by molar-refractivity contribution is -0.308. The second-order valence-electron chi connectivity index (χ2n) is 8.25. The maximum atomic E-state index is 12.6. The SMILES string of the molecule is COC(=O)C1OC(O)C(OCc2ccccc2)[C@H](OCc2ccccc2)[C@@H]1OCc1ccccc1. The highest BCUT2D eigenvalue weighted by Gasteiger charge is 2.51. The van der Waals surface area contributed by atoms with E-state index in [0.29, 0.717) is 0 Å². The molecular formula is C28H30O7. The Balaban J connectivity index is 1.59. The fraction of sp³-hybridized carbons (Fsp3) is 0.321. The highest BCUT2D eigenvalue weighted by atomic mass is 16.7. The zero-order valence-corrected chi connectivity index (χ0v) is 19.6. The Hall–Kier alpha value is -3.07. The number of methoxy groups -OCH3 is 1. The maximum Gasteiger partial charge on any atom is 0.337 e. The van der Waals surface area contributed by atoms with Crippen molar-refractivity contribution in [3.8, 4) is 0 Å². The number of rotatable bonds is 10. The van der Waals surface area contributed by atoms with E-state index in [1.807, 2.05) is 91.0 Å². The molecule has 1 fully saturated rings. The minimum atomic E-state index is -1.42. The van der Waals surface area contributed by atoms with Gasteiger partial charge in [-0.2, -0.15) is 0 Å². The van der Waals surface area contributed by atoms with E-state index < -0.39 is 36.7 Å². The Kier molecular flexibility index (Phi) is 9.00. The first kappa shape index (κ1) is 25.0. The second-order valence-corrected chi connectivity index (χ2v) is 8.25. The predicted octanol–water partition coefficient (Wildman–Crippen LogP) is 3.63. The van der Waals surface area contributed by atoms with Crippen molar-refractivity contribution in [3.05, 3.63) is 108 Å². The standard InChI is InChI=1S/C28H30O7/c1-31-27(29)26-24(33-18-21-13-7-3-8-14-21)23(32-17-20-11-5-2-6-12-20)25(28(30)35-26)34-19-22-15-9-4-10-16-22/h2-16,23-26,28,30H,17-19H2,1H3/t23-,24+,25?,26?,28?/m1/s1. The number of esters is 1. The van der Waals surface area contributed by atoms with Gasteiger partial charge in [0, 0.05) is 0 Å². The monoisotopic (exact) mass is 478 g/mol. The summed E-state index contributed by atoms with van der Waals surface area (Å²) in [7, 11) is 1.27. The summed E-state index contributed by atoms with van der Waals surface area (Å²) in [4.78, 5) is 12.6. The Morgan fingerprint density at radius 3 is 1.51 bits per heavy atom. The second kappa shape index (κ2) is 12.6. The number of hydrogen-bond acceptors (Lipinski definition) is 7. The van der Waals surface area contributed by atoms with E-state index in [2.05, 4.69) is 0 Å². The van der Waals surface area contributed by atoms with Crippen LogP contribution in [-0.2, 0) is 48.3 Å². The van der Waals surface area contributed by atoms with Crippen molar-refractivity contribution < 1.29 is 33.6 Å². The molecular weight excluding hydrogens is 448 g/mol. The molecule has 1 N–H and O–H groups in total. The first-order chi connectivity index (χ1) is 17.2. The summed E-state index contributed by atoms with van der Waals surface area (Å²) >= 11 is 0. The van der Waals surface area contributed by atoms with Crippen LogP contribution in [0.1, 0.15) is 16.7 Å². The van der Waals surface area contributed by atoms with Gasteiger partial charge in [-0.3, -0.25) is 0 Å². The summed E-state index contributed by atoms with van der Waals surface area (Å²) in [6.07, 6.45) is -5.19. The molecule has 0 saturated carbocycles. The van der Waals surface area contributed by atoms with Crippen molar-refractivity contribution >= 4 is 5.97 Å². The zero-order chi connectivity index (χ0) is 24.5. The van der Waals surface area contributed by atoms with Gasteiger partial charge in [-0.1, -0.05) is 91.0 Å². The summed E-state index contributed by atoms with van der Waals surface area (Å²) in [5, 5.41) is 10.8. The van der Waals surface area contributed by atoms with E-state index in [9.17, 15) is 9.90 Å². The average Bonchev–Trinajstić information content (AvgIpc) is 2.91. The Bertz CT molecular complexity index is 1030. The van der Waals surface area contributed by atoms with Gasteiger partial charge in [0.05, 0.1) is 26.9 Å². The number of carbonyl (C=O) groups excluding carboxylic acids is 1. The van der Waals surface area contributed by atoms with E-state index in [1.54, 1.807) is 0 Å². The van der Waals surface area contributed by atoms with Gasteiger partial charge < -0.3 is 28.8 Å². The Labute approximate surface area is 205 Å². The lowest BCUT2D eigenvalue weighted by Crippen LogP contribution is -2.62. The molecule has 1 aliphatic heterocycles. The lowest BCUT2D eigenvalue weighted by Gasteiger charge is -2.43. The molecule has 0 aromatic heterocycles. The molecule has 1 heterocycles. The lowest BCUT2D eigenvalue weighted by atomic mass is 9.97. The molecule has 184 valence electrons. The maximum absolute atomic E-state index is 12.6. The number of benzene rings is 3. The van der Waals surface area contributed by atoms with Crippen LogP contribution in [0.4, 0.5) is 0 Å². The van der Waals surface area contributed by atoms with Gasteiger partial charge in [0.2, 0.25) is 0 Å². The van der Waals surface area contributed by atoms with Crippen LogP contribution in [0.15, 0.2) is 91.0 Å². The molecule has 3 aromatic carbocycles. The van der Waals surface area contributed by atoms with Gasteiger partial charge in [-0.25, -0.2) is 4.79 Å². The molecule has 0 aliphatic carbocycles. The molecule has 0 amide bonds. The Morgan fingerprint density at radius 1 is 0.686 bits per heavy atom. The molecule has 0 radical (unpaired) electrons. The van der Waals surface area contributed by atoms with Gasteiger partial charge in [0.1, 0.15) is 18.3 Å². The minimum absolute atomic E-state index is 0.217. The molecule has 4 rings (SSSR count). The van der Waals surface area contributed by atoms with Crippen LogP contribution in [0.2, 0.25) is 0 Å². The van der Waals surface area contributed by atoms with Crippen LogP contribution in [0, 0.1) is 0 Å². The van der Waals surface area contributed by atoms with Gasteiger partial charge in [-0.15, -0.1) is 0 Å². The van der Waals surface area contributed by atoms with E-state index in [1.165, 1.54) is 7.11 Å². The summed E-state index contributed by atoms with van der Waals surface area (Å²) in [5.41, 5.74) is 2.79. The van der Waals surface area contributed by atoms with Crippen molar-refractivity contribution in [3.63, 3.8) is 0 Å². The van der Waals surface area contributed by atoms with Gasteiger partial charge >= 0.3 is 5.97 Å². The third-order valence-corrected chi connectivity index (χ3v) is 5.80. The molecule has 7 nitrogen and oxygen atoms in total. The number of aliphatic hydroxyl groups is 1. The van der Waals surface area contributed by atoms with Gasteiger partial charge in [0.15, 0.2) is 12.4 Å². The largest absolute Gasteiger partial charge is 0.467 e. The van der Waals surface area contributed by atoms with Gasteiger partial charge in [-0.05, 0) is 16.7 Å². The van der Waals surface area contributed by atoms with Crippen LogP contribution in [-0.4, -0.2) is 48.9 Å². The Morgan fingerprint density at radius 2 is 1.09 bits per heavy atom. The first-order valence-corrected chi connectivity index (χ1v) is 11.5. The number of aliphatic hydroxyl groups excluding tert-OH is 1. The highest BCUT2D eigenvalue weighted by Crippen LogP contribution is 2.30. The van der Waals surface area contributed by atoms with E-state index in [4.69, 9.17) is 23.7 Å². The molecule has 0 spiro atoms. The summed E-state index contributed by atoms with van der Waals surface area (Å²) in [5.74, 6) is -0.656. The van der Waals surface area contributed by atoms with Crippen LogP contribution < -0.4 is 0 Å². The highest BCUT2D eigenvalue weighted by molar-refractivity contribution is 5.75. The molecule has 5 atom stereocenters. The fourth-order valence-electron chi connectivity index (χ4n) is 3.98.